The molecule has 1 aliphatic rings. The van der Waals surface area contributed by atoms with Gasteiger partial charge in [0.2, 0.25) is 11.8 Å². The Morgan fingerprint density at radius 1 is 1.22 bits per heavy atom. The van der Waals surface area contributed by atoms with Crippen LogP contribution in [0.5, 0.6) is 11.5 Å². The Kier molecular flexibility index (Phi) is 5.64. The van der Waals surface area contributed by atoms with Crippen molar-refractivity contribution >= 4 is 23.2 Å². The maximum atomic E-state index is 12.8. The molecule has 1 fully saturated rings. The van der Waals surface area contributed by atoms with E-state index in [2.05, 4.69) is 5.32 Å². The molecule has 6 nitrogen and oxygen atoms in total. The first-order chi connectivity index (χ1) is 13.0. The van der Waals surface area contributed by atoms with E-state index in [1.807, 2.05) is 56.3 Å². The second-order valence-electron chi connectivity index (χ2n) is 6.50. The van der Waals surface area contributed by atoms with Gasteiger partial charge >= 0.3 is 0 Å². The smallest absolute Gasteiger partial charge is 0.229 e. The molecule has 0 bridgehead atoms. The van der Waals surface area contributed by atoms with Gasteiger partial charge in [0.15, 0.2) is 0 Å². The highest BCUT2D eigenvalue weighted by Gasteiger charge is 2.36. The lowest BCUT2D eigenvalue weighted by Crippen LogP contribution is -2.28. The van der Waals surface area contributed by atoms with Crippen LogP contribution in [-0.4, -0.2) is 32.1 Å². The number of methoxy groups -OCH3 is 1. The number of amides is 2. The van der Waals surface area contributed by atoms with E-state index in [4.69, 9.17) is 9.47 Å². The molecular weight excluding hydrogens is 344 g/mol. The highest BCUT2D eigenvalue weighted by molar-refractivity contribution is 6.04. The van der Waals surface area contributed by atoms with E-state index in [0.717, 1.165) is 5.56 Å². The molecule has 142 valence electrons. The number of carbonyl (C=O) groups is 2. The topological polar surface area (TPSA) is 67.9 Å². The fourth-order valence-electron chi connectivity index (χ4n) is 3.23. The van der Waals surface area contributed by atoms with E-state index in [1.54, 1.807) is 12.0 Å². The van der Waals surface area contributed by atoms with Gasteiger partial charge in [-0.25, -0.2) is 0 Å². The van der Waals surface area contributed by atoms with Crippen molar-refractivity contribution in [2.45, 2.75) is 20.3 Å². The minimum atomic E-state index is -0.433. The van der Waals surface area contributed by atoms with Gasteiger partial charge in [0, 0.05) is 13.0 Å². The number of ether oxygens (including phenoxy) is 2. The van der Waals surface area contributed by atoms with Crippen LogP contribution in [0.15, 0.2) is 42.5 Å². The summed E-state index contributed by atoms with van der Waals surface area (Å²) in [6, 6.07) is 13.0. The lowest BCUT2D eigenvalue weighted by molar-refractivity contribution is -0.122. The van der Waals surface area contributed by atoms with Crippen molar-refractivity contribution in [1.29, 1.82) is 0 Å². The van der Waals surface area contributed by atoms with Gasteiger partial charge in [-0.15, -0.1) is 0 Å². The average Bonchev–Trinajstić information content (AvgIpc) is 3.04. The largest absolute Gasteiger partial charge is 0.495 e. The van der Waals surface area contributed by atoms with Gasteiger partial charge in [-0.2, -0.15) is 0 Å². The summed E-state index contributed by atoms with van der Waals surface area (Å²) in [5, 5.41) is 2.90. The molecule has 0 aliphatic carbocycles. The number of carbonyl (C=O) groups excluding carboxylic acids is 2. The third-order valence-electron chi connectivity index (χ3n) is 4.56. The highest BCUT2D eigenvalue weighted by atomic mass is 16.5. The Balaban J connectivity index is 1.76. The van der Waals surface area contributed by atoms with Crippen LogP contribution in [0.3, 0.4) is 0 Å². The Labute approximate surface area is 159 Å². The first kappa shape index (κ1) is 18.8. The lowest BCUT2D eigenvalue weighted by atomic mass is 10.1. The summed E-state index contributed by atoms with van der Waals surface area (Å²) in [4.78, 5) is 26.9. The van der Waals surface area contributed by atoms with E-state index in [9.17, 15) is 9.59 Å². The molecule has 0 saturated carbocycles. The number of para-hydroxylation sites is 2. The normalized spacial score (nSPS) is 16.3. The summed E-state index contributed by atoms with van der Waals surface area (Å²) in [6.45, 7) is 4.67. The number of nitrogens with one attached hydrogen (secondary N) is 1. The fraction of sp³-hybridized carbons (Fsp3) is 0.333. The zero-order valence-corrected chi connectivity index (χ0v) is 15.8. The summed E-state index contributed by atoms with van der Waals surface area (Å²) in [7, 11) is 1.56. The molecule has 0 unspecified atom stereocenters. The van der Waals surface area contributed by atoms with Crippen LogP contribution < -0.4 is 19.7 Å². The number of hydrogen-bond acceptors (Lipinski definition) is 4. The molecule has 1 saturated heterocycles. The summed E-state index contributed by atoms with van der Waals surface area (Å²) in [5.74, 6) is 0.533. The molecule has 6 heteroatoms. The van der Waals surface area contributed by atoms with Gasteiger partial charge in [-0.05, 0) is 43.7 Å². The van der Waals surface area contributed by atoms with Gasteiger partial charge in [0.05, 0.1) is 31.0 Å². The van der Waals surface area contributed by atoms with Crippen molar-refractivity contribution in [2.75, 3.05) is 30.5 Å². The predicted molar refractivity (Wildman–Crippen MR) is 104 cm³/mol. The summed E-state index contributed by atoms with van der Waals surface area (Å²) in [5.41, 5.74) is 2.33. The molecule has 1 aliphatic heterocycles. The standard InChI is InChI=1S/C21H24N2O4/c1-4-27-19-8-6-5-7-17(19)23-13-15(12-20(23)24)21(25)22-16-11-14(2)9-10-18(16)26-3/h5-11,15H,4,12-13H2,1-3H3,(H,22,25)/t15-/m1/s1. The fourth-order valence-corrected chi connectivity index (χ4v) is 3.23. The van der Waals surface area contributed by atoms with E-state index in [-0.39, 0.29) is 18.2 Å². The Morgan fingerprint density at radius 3 is 2.74 bits per heavy atom. The molecule has 1 N–H and O–H groups in total. The third kappa shape index (κ3) is 4.05. The van der Waals surface area contributed by atoms with Crippen molar-refractivity contribution in [3.05, 3.63) is 48.0 Å². The maximum Gasteiger partial charge on any atom is 0.229 e. The van der Waals surface area contributed by atoms with Gasteiger partial charge in [-0.1, -0.05) is 18.2 Å². The van der Waals surface area contributed by atoms with Crippen molar-refractivity contribution in [1.82, 2.24) is 0 Å². The van der Waals surface area contributed by atoms with Crippen LogP contribution in [0.2, 0.25) is 0 Å². The third-order valence-corrected chi connectivity index (χ3v) is 4.56. The quantitative estimate of drug-likeness (QED) is 0.849. The van der Waals surface area contributed by atoms with E-state index in [0.29, 0.717) is 36.0 Å². The van der Waals surface area contributed by atoms with Gasteiger partial charge in [-0.3, -0.25) is 9.59 Å². The first-order valence-electron chi connectivity index (χ1n) is 9.01. The van der Waals surface area contributed by atoms with Crippen LogP contribution in [0.4, 0.5) is 11.4 Å². The molecule has 2 aromatic carbocycles. The Hall–Kier alpha value is -3.02. The van der Waals surface area contributed by atoms with Crippen molar-refractivity contribution < 1.29 is 19.1 Å². The van der Waals surface area contributed by atoms with E-state index < -0.39 is 5.92 Å². The number of rotatable bonds is 6. The summed E-state index contributed by atoms with van der Waals surface area (Å²) >= 11 is 0. The minimum absolute atomic E-state index is 0.0847. The zero-order valence-electron chi connectivity index (χ0n) is 15.8. The summed E-state index contributed by atoms with van der Waals surface area (Å²) < 4.78 is 10.9. The Bertz CT molecular complexity index is 850. The Morgan fingerprint density at radius 2 is 2.00 bits per heavy atom. The van der Waals surface area contributed by atoms with Crippen LogP contribution in [0.25, 0.3) is 0 Å². The summed E-state index contributed by atoms with van der Waals surface area (Å²) in [6.07, 6.45) is 0.167. The van der Waals surface area contributed by atoms with Gasteiger partial charge < -0.3 is 19.7 Å². The van der Waals surface area contributed by atoms with E-state index in [1.165, 1.54) is 0 Å². The van der Waals surface area contributed by atoms with Crippen molar-refractivity contribution in [3.63, 3.8) is 0 Å². The highest BCUT2D eigenvalue weighted by Crippen LogP contribution is 2.34. The molecule has 2 amide bonds. The van der Waals surface area contributed by atoms with Crippen molar-refractivity contribution in [2.24, 2.45) is 5.92 Å². The van der Waals surface area contributed by atoms with Gasteiger partial charge in [0.25, 0.3) is 0 Å². The van der Waals surface area contributed by atoms with Crippen LogP contribution in [0.1, 0.15) is 18.9 Å². The average molecular weight is 368 g/mol. The molecule has 1 atom stereocenters. The molecule has 2 aromatic rings. The number of hydrogen-bond donors (Lipinski definition) is 1. The molecule has 0 aromatic heterocycles. The van der Waals surface area contributed by atoms with Crippen molar-refractivity contribution in [3.8, 4) is 11.5 Å². The molecule has 3 rings (SSSR count). The number of nitrogens with zero attached hydrogens (tertiary/aromatic N) is 1. The van der Waals surface area contributed by atoms with Gasteiger partial charge in [0.1, 0.15) is 11.5 Å². The van der Waals surface area contributed by atoms with Crippen LogP contribution in [-0.2, 0) is 9.59 Å². The predicted octanol–water partition coefficient (Wildman–Crippen LogP) is 3.39. The van der Waals surface area contributed by atoms with Crippen LogP contribution >= 0.6 is 0 Å². The first-order valence-corrected chi connectivity index (χ1v) is 9.01. The second kappa shape index (κ2) is 8.12. The molecule has 0 spiro atoms. The monoisotopic (exact) mass is 368 g/mol. The maximum absolute atomic E-state index is 12.8. The number of benzene rings is 2. The minimum Gasteiger partial charge on any atom is -0.495 e. The molecular formula is C21H24N2O4. The lowest BCUT2D eigenvalue weighted by Gasteiger charge is -2.20. The van der Waals surface area contributed by atoms with Crippen LogP contribution in [0, 0.1) is 12.8 Å². The van der Waals surface area contributed by atoms with E-state index >= 15 is 0 Å². The number of anilines is 2. The molecule has 1 heterocycles. The SMILES string of the molecule is CCOc1ccccc1N1C[C@H](C(=O)Nc2cc(C)ccc2OC)CC1=O. The molecule has 0 radical (unpaired) electrons. The molecule has 27 heavy (non-hydrogen) atoms. The number of aryl methyl sites for hydroxylation is 1. The zero-order chi connectivity index (χ0) is 19.4. The second-order valence-corrected chi connectivity index (χ2v) is 6.50.